The molecule has 0 saturated heterocycles. The number of rotatable bonds is 1. The van der Waals surface area contributed by atoms with E-state index in [0.717, 1.165) is 10.5 Å². The first-order valence-electron chi connectivity index (χ1n) is 3.52. The number of hydrogen-bond donors (Lipinski definition) is 0. The summed E-state index contributed by atoms with van der Waals surface area (Å²) in [6.45, 7) is 4.78. The molecule has 2 atom stereocenters. The maximum absolute atomic E-state index is 3.72. The van der Waals surface area contributed by atoms with Crippen molar-refractivity contribution in [2.24, 2.45) is 0 Å². The molecular weight excluding hydrogens is 195 g/mol. The molecule has 0 aromatic carbocycles. The van der Waals surface area contributed by atoms with Gasteiger partial charge in [0, 0.05) is 4.83 Å². The zero-order valence-corrected chi connectivity index (χ0v) is 8.58. The minimum Gasteiger partial charge on any atom is -0.109 e. The second kappa shape index (κ2) is 3.34. The molecule has 2 heteroatoms. The molecule has 1 aliphatic carbocycles. The van der Waals surface area contributed by atoms with Crippen LogP contribution in [0, 0.1) is 0 Å². The number of alkyl halides is 1. The molecule has 0 spiro atoms. The van der Waals surface area contributed by atoms with E-state index in [2.05, 4.69) is 29.3 Å². The molecule has 1 rings (SSSR count). The second-order valence-electron chi connectivity index (χ2n) is 2.98. The Balaban J connectivity index is 2.40. The van der Waals surface area contributed by atoms with Crippen molar-refractivity contribution in [2.75, 3.05) is 13.3 Å². The topological polar surface area (TPSA) is 0 Å². The highest BCUT2D eigenvalue weighted by Crippen LogP contribution is 2.45. The lowest BCUT2D eigenvalue weighted by Crippen LogP contribution is -2.09. The molecule has 0 aromatic heterocycles. The standard InChI is InChI=1S/C7H14BrP/c1-9(2)7-5-3-4-6(7)8/h6-7H,3-5H2,1-2H3. The normalized spacial score (nSPS) is 36.0. The van der Waals surface area contributed by atoms with Crippen molar-refractivity contribution in [3.8, 4) is 0 Å². The van der Waals surface area contributed by atoms with Crippen molar-refractivity contribution in [1.29, 1.82) is 0 Å². The lowest BCUT2D eigenvalue weighted by molar-refractivity contribution is 0.889. The van der Waals surface area contributed by atoms with Gasteiger partial charge in [0.05, 0.1) is 0 Å². The third-order valence-electron chi connectivity index (χ3n) is 2.06. The van der Waals surface area contributed by atoms with Gasteiger partial charge in [-0.15, -0.1) is 7.92 Å². The van der Waals surface area contributed by atoms with E-state index in [-0.39, 0.29) is 0 Å². The fourth-order valence-electron chi connectivity index (χ4n) is 1.48. The van der Waals surface area contributed by atoms with Crippen LogP contribution in [0.3, 0.4) is 0 Å². The van der Waals surface area contributed by atoms with Gasteiger partial charge >= 0.3 is 0 Å². The molecule has 54 valence electrons. The Bertz CT molecular complexity index is 92.9. The van der Waals surface area contributed by atoms with E-state index in [1.165, 1.54) is 19.3 Å². The van der Waals surface area contributed by atoms with E-state index in [4.69, 9.17) is 0 Å². The van der Waals surface area contributed by atoms with Crippen molar-refractivity contribution >= 4 is 23.9 Å². The van der Waals surface area contributed by atoms with Crippen LogP contribution in [0.4, 0.5) is 0 Å². The van der Waals surface area contributed by atoms with E-state index < -0.39 is 0 Å². The van der Waals surface area contributed by atoms with Crippen LogP contribution in [0.5, 0.6) is 0 Å². The van der Waals surface area contributed by atoms with Crippen LogP contribution in [0.15, 0.2) is 0 Å². The van der Waals surface area contributed by atoms with Crippen LogP contribution >= 0.6 is 23.9 Å². The third kappa shape index (κ3) is 1.91. The van der Waals surface area contributed by atoms with E-state index in [0.29, 0.717) is 7.92 Å². The average Bonchev–Trinajstić information content (AvgIpc) is 2.13. The van der Waals surface area contributed by atoms with Crippen LogP contribution in [-0.2, 0) is 0 Å². The van der Waals surface area contributed by atoms with Crippen molar-refractivity contribution in [2.45, 2.75) is 29.7 Å². The van der Waals surface area contributed by atoms with Crippen LogP contribution in [0.25, 0.3) is 0 Å². The van der Waals surface area contributed by atoms with E-state index in [1.54, 1.807) is 0 Å². The third-order valence-corrected chi connectivity index (χ3v) is 5.51. The van der Waals surface area contributed by atoms with Crippen molar-refractivity contribution < 1.29 is 0 Å². The summed E-state index contributed by atoms with van der Waals surface area (Å²) < 4.78 is 0. The summed E-state index contributed by atoms with van der Waals surface area (Å²) in [5, 5.41) is 0. The van der Waals surface area contributed by atoms with Gasteiger partial charge in [0.15, 0.2) is 0 Å². The summed E-state index contributed by atoms with van der Waals surface area (Å²) in [5.74, 6) is 0. The predicted molar refractivity (Wildman–Crippen MR) is 49.1 cm³/mol. The Hall–Kier alpha value is 0.910. The van der Waals surface area contributed by atoms with Crippen molar-refractivity contribution in [3.63, 3.8) is 0 Å². The molecule has 2 unspecified atom stereocenters. The Morgan fingerprint density at radius 1 is 1.33 bits per heavy atom. The molecule has 9 heavy (non-hydrogen) atoms. The second-order valence-corrected chi connectivity index (χ2v) is 6.74. The lowest BCUT2D eigenvalue weighted by Gasteiger charge is -2.17. The SMILES string of the molecule is CP(C)C1CCCC1Br. The van der Waals surface area contributed by atoms with Gasteiger partial charge in [-0.05, 0) is 31.8 Å². The van der Waals surface area contributed by atoms with Gasteiger partial charge in [-0.2, -0.15) is 0 Å². The van der Waals surface area contributed by atoms with Gasteiger partial charge in [0.1, 0.15) is 0 Å². The monoisotopic (exact) mass is 208 g/mol. The molecule has 1 fully saturated rings. The highest BCUT2D eigenvalue weighted by Gasteiger charge is 2.26. The molecule has 0 N–H and O–H groups in total. The summed E-state index contributed by atoms with van der Waals surface area (Å²) in [6.07, 6.45) is 4.32. The fraction of sp³-hybridized carbons (Fsp3) is 1.00. The zero-order valence-electron chi connectivity index (χ0n) is 6.10. The Morgan fingerprint density at radius 2 is 2.00 bits per heavy atom. The van der Waals surface area contributed by atoms with E-state index in [9.17, 15) is 0 Å². The lowest BCUT2D eigenvalue weighted by atomic mass is 10.4. The van der Waals surface area contributed by atoms with Crippen molar-refractivity contribution in [1.82, 2.24) is 0 Å². The minimum absolute atomic E-state index is 0.312. The Morgan fingerprint density at radius 3 is 2.22 bits per heavy atom. The van der Waals surface area contributed by atoms with Gasteiger partial charge in [-0.3, -0.25) is 0 Å². The van der Waals surface area contributed by atoms with Crippen LogP contribution < -0.4 is 0 Å². The molecule has 0 heterocycles. The summed E-state index contributed by atoms with van der Waals surface area (Å²) in [5.41, 5.74) is 1.01. The quantitative estimate of drug-likeness (QED) is 0.460. The smallest absolute Gasteiger partial charge is 0.0213 e. The molecule has 1 aliphatic rings. The minimum atomic E-state index is 0.312. The summed E-state index contributed by atoms with van der Waals surface area (Å²) in [4.78, 5) is 0.846. The van der Waals surface area contributed by atoms with Gasteiger partial charge < -0.3 is 0 Å². The summed E-state index contributed by atoms with van der Waals surface area (Å²) in [6, 6.07) is 0. The fourth-order valence-corrected chi connectivity index (χ4v) is 4.98. The Kier molecular flexibility index (Phi) is 2.98. The first-order chi connectivity index (χ1) is 4.22. The van der Waals surface area contributed by atoms with Gasteiger partial charge in [0.25, 0.3) is 0 Å². The molecule has 0 nitrogen and oxygen atoms in total. The molecule has 0 aromatic rings. The largest absolute Gasteiger partial charge is 0.109 e. The number of hydrogen-bond acceptors (Lipinski definition) is 0. The van der Waals surface area contributed by atoms with Gasteiger partial charge in [-0.25, -0.2) is 0 Å². The zero-order chi connectivity index (χ0) is 6.85. The maximum Gasteiger partial charge on any atom is 0.0213 e. The van der Waals surface area contributed by atoms with Crippen molar-refractivity contribution in [3.05, 3.63) is 0 Å². The first kappa shape index (κ1) is 8.01. The summed E-state index contributed by atoms with van der Waals surface area (Å²) in [7, 11) is 0.312. The van der Waals surface area contributed by atoms with Gasteiger partial charge in [0.2, 0.25) is 0 Å². The average molecular weight is 209 g/mol. The van der Waals surface area contributed by atoms with Crippen LogP contribution in [0.2, 0.25) is 0 Å². The maximum atomic E-state index is 3.72. The molecule has 0 aliphatic heterocycles. The summed E-state index contributed by atoms with van der Waals surface area (Å²) >= 11 is 3.72. The van der Waals surface area contributed by atoms with E-state index in [1.807, 2.05) is 0 Å². The molecule has 1 saturated carbocycles. The molecule has 0 radical (unpaired) electrons. The molecular formula is C7H14BrP. The van der Waals surface area contributed by atoms with Crippen LogP contribution in [0.1, 0.15) is 19.3 Å². The van der Waals surface area contributed by atoms with E-state index >= 15 is 0 Å². The highest BCUT2D eigenvalue weighted by molar-refractivity contribution is 9.09. The first-order valence-corrected chi connectivity index (χ1v) is 6.74. The van der Waals surface area contributed by atoms with Crippen LogP contribution in [-0.4, -0.2) is 23.8 Å². The highest BCUT2D eigenvalue weighted by atomic mass is 79.9. The Labute approximate surface area is 67.3 Å². The predicted octanol–water partition coefficient (Wildman–Crippen LogP) is 3.04. The molecule has 0 amide bonds. The molecule has 0 bridgehead atoms. The van der Waals surface area contributed by atoms with Gasteiger partial charge in [-0.1, -0.05) is 22.4 Å². The number of halogens is 1.